The van der Waals surface area contributed by atoms with E-state index in [1.807, 2.05) is 0 Å². The number of hydrogen-bond acceptors (Lipinski definition) is 8. The van der Waals surface area contributed by atoms with Gasteiger partial charge in [0.1, 0.15) is 0 Å². The Labute approximate surface area is 252 Å². The van der Waals surface area contributed by atoms with Gasteiger partial charge in [-0.2, -0.15) is 0 Å². The van der Waals surface area contributed by atoms with Gasteiger partial charge < -0.3 is 29.6 Å². The maximum Gasteiger partial charge on any atom is 0.508 e. The minimum Gasteiger partial charge on any atom is -0.434 e. The summed E-state index contributed by atoms with van der Waals surface area (Å²) in [5, 5.41) is 0. The van der Waals surface area contributed by atoms with Crippen LogP contribution in [0.3, 0.4) is 0 Å². The van der Waals surface area contributed by atoms with Gasteiger partial charge in [-0.1, -0.05) is 90.9 Å². The standard InChI is InChI=1S/C33H66N2O6/c1-3-5-7-9-11-13-19-28-38-32(36)40-30-21-15-17-25-35(27-23-24-34)26-18-16-22-31-41-33(37)39-29-20-14-12-10-8-6-4-2/h3-31,34H2,1-2H3. The Bertz CT molecular complexity index is 520. The average Bonchev–Trinajstić information content (AvgIpc) is 2.97. The number of rotatable bonds is 31. The molecule has 2 N–H and O–H groups in total. The number of nitrogens with zero attached hydrogens (tertiary/aromatic N) is 1. The first-order chi connectivity index (χ1) is 20.1. The molecule has 0 spiro atoms. The summed E-state index contributed by atoms with van der Waals surface area (Å²) >= 11 is 0. The Kier molecular flexibility index (Phi) is 31.7. The van der Waals surface area contributed by atoms with Gasteiger partial charge in [0.2, 0.25) is 0 Å². The van der Waals surface area contributed by atoms with Crippen LogP contribution >= 0.6 is 0 Å². The molecule has 0 amide bonds. The molecule has 0 heterocycles. The van der Waals surface area contributed by atoms with E-state index in [1.165, 1.54) is 64.2 Å². The summed E-state index contributed by atoms with van der Waals surface area (Å²) in [7, 11) is 0. The minimum atomic E-state index is -0.536. The molecule has 0 aliphatic carbocycles. The number of carbonyl (C=O) groups is 2. The van der Waals surface area contributed by atoms with Gasteiger partial charge in [0, 0.05) is 0 Å². The average molecular weight is 587 g/mol. The predicted octanol–water partition coefficient (Wildman–Crippen LogP) is 8.79. The van der Waals surface area contributed by atoms with Crippen molar-refractivity contribution in [2.24, 2.45) is 5.73 Å². The first-order valence-electron chi connectivity index (χ1n) is 17.2. The second-order valence-corrected chi connectivity index (χ2v) is 11.2. The van der Waals surface area contributed by atoms with Gasteiger partial charge >= 0.3 is 12.3 Å². The van der Waals surface area contributed by atoms with E-state index in [0.29, 0.717) is 33.0 Å². The number of nitrogens with two attached hydrogens (primary N) is 1. The van der Waals surface area contributed by atoms with E-state index < -0.39 is 12.3 Å². The van der Waals surface area contributed by atoms with E-state index >= 15 is 0 Å². The molecule has 0 rings (SSSR count). The smallest absolute Gasteiger partial charge is 0.434 e. The molecule has 0 aromatic heterocycles. The Hall–Kier alpha value is -1.54. The lowest BCUT2D eigenvalue weighted by Gasteiger charge is -2.22. The second-order valence-electron chi connectivity index (χ2n) is 11.2. The quantitative estimate of drug-likeness (QED) is 0.0635. The van der Waals surface area contributed by atoms with Crippen LogP contribution in [0.1, 0.15) is 149 Å². The lowest BCUT2D eigenvalue weighted by Crippen LogP contribution is -2.28. The van der Waals surface area contributed by atoms with Gasteiger partial charge in [0.25, 0.3) is 0 Å². The Morgan fingerprint density at radius 2 is 0.732 bits per heavy atom. The number of unbranched alkanes of at least 4 members (excludes halogenated alkanes) is 16. The van der Waals surface area contributed by atoms with Crippen LogP contribution < -0.4 is 5.73 Å². The highest BCUT2D eigenvalue weighted by atomic mass is 16.7. The molecule has 0 aliphatic heterocycles. The van der Waals surface area contributed by atoms with Crippen LogP contribution in [0.2, 0.25) is 0 Å². The van der Waals surface area contributed by atoms with Crippen molar-refractivity contribution in [3.8, 4) is 0 Å². The first-order valence-corrected chi connectivity index (χ1v) is 17.2. The Balaban J connectivity index is 3.67. The largest absolute Gasteiger partial charge is 0.508 e. The zero-order valence-corrected chi connectivity index (χ0v) is 27.0. The maximum absolute atomic E-state index is 11.7. The highest BCUT2D eigenvalue weighted by Crippen LogP contribution is 2.09. The van der Waals surface area contributed by atoms with Gasteiger partial charge in [-0.3, -0.25) is 0 Å². The zero-order chi connectivity index (χ0) is 30.1. The van der Waals surface area contributed by atoms with Crippen molar-refractivity contribution in [2.45, 2.75) is 149 Å². The van der Waals surface area contributed by atoms with Crippen molar-refractivity contribution >= 4 is 12.3 Å². The molecule has 0 radical (unpaired) electrons. The highest BCUT2D eigenvalue weighted by Gasteiger charge is 2.07. The van der Waals surface area contributed by atoms with Crippen LogP contribution in [0, 0.1) is 0 Å². The molecule has 41 heavy (non-hydrogen) atoms. The third-order valence-corrected chi connectivity index (χ3v) is 7.29. The van der Waals surface area contributed by atoms with Crippen molar-refractivity contribution in [1.82, 2.24) is 4.90 Å². The highest BCUT2D eigenvalue weighted by molar-refractivity contribution is 5.60. The van der Waals surface area contributed by atoms with Crippen molar-refractivity contribution in [1.29, 1.82) is 0 Å². The summed E-state index contributed by atoms with van der Waals surface area (Å²) in [6.45, 7) is 9.92. The van der Waals surface area contributed by atoms with Crippen LogP contribution in [0.5, 0.6) is 0 Å². The summed E-state index contributed by atoms with van der Waals surface area (Å²) in [4.78, 5) is 25.9. The van der Waals surface area contributed by atoms with E-state index in [9.17, 15) is 9.59 Å². The third-order valence-electron chi connectivity index (χ3n) is 7.29. The molecule has 0 aromatic carbocycles. The van der Waals surface area contributed by atoms with Crippen LogP contribution in [-0.2, 0) is 18.9 Å². The van der Waals surface area contributed by atoms with Crippen molar-refractivity contribution in [3.05, 3.63) is 0 Å². The van der Waals surface area contributed by atoms with Crippen LogP contribution in [0.25, 0.3) is 0 Å². The van der Waals surface area contributed by atoms with E-state index in [1.54, 1.807) is 0 Å². The summed E-state index contributed by atoms with van der Waals surface area (Å²) < 4.78 is 20.7. The van der Waals surface area contributed by atoms with E-state index in [-0.39, 0.29) is 0 Å². The lowest BCUT2D eigenvalue weighted by atomic mass is 10.1. The SMILES string of the molecule is CCCCCCCCCOC(=O)OCCCCCN(CCCN)CCCCCOC(=O)OCCCCCCCCC. The van der Waals surface area contributed by atoms with Gasteiger partial charge in [0.05, 0.1) is 26.4 Å². The van der Waals surface area contributed by atoms with Gasteiger partial charge in [-0.05, 0) is 84.0 Å². The molecule has 0 saturated heterocycles. The molecular formula is C33H66N2O6. The predicted molar refractivity (Wildman–Crippen MR) is 168 cm³/mol. The molecule has 8 heteroatoms. The summed E-state index contributed by atoms with van der Waals surface area (Å²) in [6.07, 6.45) is 22.5. The lowest BCUT2D eigenvalue weighted by molar-refractivity contribution is 0.0520. The van der Waals surface area contributed by atoms with E-state index in [4.69, 9.17) is 24.7 Å². The van der Waals surface area contributed by atoms with Crippen molar-refractivity contribution in [3.63, 3.8) is 0 Å². The molecular weight excluding hydrogens is 520 g/mol. The normalized spacial score (nSPS) is 11.1. The zero-order valence-electron chi connectivity index (χ0n) is 27.0. The molecule has 0 bridgehead atoms. The Morgan fingerprint density at radius 1 is 0.439 bits per heavy atom. The van der Waals surface area contributed by atoms with E-state index in [0.717, 1.165) is 90.3 Å². The maximum atomic E-state index is 11.7. The number of hydrogen-bond donors (Lipinski definition) is 1. The van der Waals surface area contributed by atoms with Crippen LogP contribution in [0.15, 0.2) is 0 Å². The molecule has 0 fully saturated rings. The molecule has 8 nitrogen and oxygen atoms in total. The number of carbonyl (C=O) groups excluding carboxylic acids is 2. The fourth-order valence-corrected chi connectivity index (χ4v) is 4.70. The summed E-state index contributed by atoms with van der Waals surface area (Å²) in [5.74, 6) is 0. The van der Waals surface area contributed by atoms with Crippen molar-refractivity contribution in [2.75, 3.05) is 52.6 Å². The van der Waals surface area contributed by atoms with Crippen molar-refractivity contribution < 1.29 is 28.5 Å². The fourth-order valence-electron chi connectivity index (χ4n) is 4.70. The first kappa shape index (κ1) is 39.5. The van der Waals surface area contributed by atoms with Gasteiger partial charge in [-0.15, -0.1) is 0 Å². The molecule has 244 valence electrons. The topological polar surface area (TPSA) is 100 Å². The molecule has 0 atom stereocenters. The van der Waals surface area contributed by atoms with E-state index in [2.05, 4.69) is 18.7 Å². The van der Waals surface area contributed by atoms with Crippen LogP contribution in [-0.4, -0.2) is 69.8 Å². The minimum absolute atomic E-state index is 0.417. The molecule has 0 aromatic rings. The second kappa shape index (κ2) is 33.0. The fraction of sp³-hybridized carbons (Fsp3) is 0.939. The summed E-state index contributed by atoms with van der Waals surface area (Å²) in [6, 6.07) is 0. The molecule has 0 unspecified atom stereocenters. The molecule has 0 aliphatic rings. The summed E-state index contributed by atoms with van der Waals surface area (Å²) in [5.41, 5.74) is 5.73. The van der Waals surface area contributed by atoms with Gasteiger partial charge in [0.15, 0.2) is 0 Å². The Morgan fingerprint density at radius 3 is 1.07 bits per heavy atom. The monoisotopic (exact) mass is 586 g/mol. The third kappa shape index (κ3) is 31.2. The number of ether oxygens (including phenoxy) is 4. The van der Waals surface area contributed by atoms with Gasteiger partial charge in [-0.25, -0.2) is 9.59 Å². The molecule has 0 saturated carbocycles. The van der Waals surface area contributed by atoms with Crippen LogP contribution in [0.4, 0.5) is 9.59 Å².